The van der Waals surface area contributed by atoms with E-state index in [2.05, 4.69) is 181 Å². The Morgan fingerprint density at radius 2 is 1.40 bits per heavy atom. The molecule has 2 unspecified atom stereocenters. The van der Waals surface area contributed by atoms with E-state index in [4.69, 9.17) is 6.58 Å². The lowest BCUT2D eigenvalue weighted by Gasteiger charge is -2.31. The summed E-state index contributed by atoms with van der Waals surface area (Å²) >= 11 is 0. The molecule has 0 aliphatic carbocycles. The van der Waals surface area contributed by atoms with E-state index in [0.29, 0.717) is 5.92 Å². The Labute approximate surface area is 322 Å². The van der Waals surface area contributed by atoms with Crippen molar-refractivity contribution in [1.29, 1.82) is 0 Å². The average Bonchev–Trinajstić information content (AvgIpc) is 3.71. The Hall–Kier alpha value is -6.06. The van der Waals surface area contributed by atoms with Crippen LogP contribution < -0.4 is 9.13 Å². The highest BCUT2D eigenvalue weighted by atomic mass is 15.0. The molecule has 2 atom stereocenters. The molecule has 0 saturated carbocycles. The summed E-state index contributed by atoms with van der Waals surface area (Å²) in [4.78, 5) is 0. The molecule has 266 valence electrons. The summed E-state index contributed by atoms with van der Waals surface area (Å²) in [6.45, 7) is 14.1. The molecule has 0 amide bonds. The summed E-state index contributed by atoms with van der Waals surface area (Å²) in [6.07, 6.45) is 7.59. The van der Waals surface area contributed by atoms with E-state index in [1.165, 1.54) is 94.0 Å². The maximum atomic E-state index is 4.93. The topological polar surface area (TPSA) is 12.2 Å². The van der Waals surface area contributed by atoms with Crippen LogP contribution >= 0.6 is 0 Å². The molecule has 3 nitrogen and oxygen atoms in total. The molecule has 5 aromatic carbocycles. The highest BCUT2D eigenvalue weighted by Gasteiger charge is 2.42. The summed E-state index contributed by atoms with van der Waals surface area (Å²) in [5.41, 5.74) is 18.1. The molecule has 0 fully saturated rings. The zero-order valence-corrected chi connectivity index (χ0v) is 32.1. The van der Waals surface area contributed by atoms with E-state index in [0.717, 1.165) is 25.0 Å². The fourth-order valence-electron chi connectivity index (χ4n) is 10.1. The second-order valence-corrected chi connectivity index (χ2v) is 17.2. The molecule has 55 heavy (non-hydrogen) atoms. The van der Waals surface area contributed by atoms with E-state index < -0.39 is 0 Å². The fourth-order valence-corrected chi connectivity index (χ4v) is 10.1. The number of rotatable bonds is 1. The van der Waals surface area contributed by atoms with Crippen molar-refractivity contribution in [3.63, 3.8) is 0 Å². The predicted octanol–water partition coefficient (Wildman–Crippen LogP) is 12.2. The van der Waals surface area contributed by atoms with Crippen molar-refractivity contribution in [1.82, 2.24) is 4.40 Å². The number of para-hydroxylation sites is 1. The Bertz CT molecular complexity index is 3030. The van der Waals surface area contributed by atoms with Gasteiger partial charge < -0.3 is 4.40 Å². The SMILES string of the molecule is C=C1CC2C(CCc3cc4c(cc3-c3ccc(-c5ccccc5)c[n+]31)c1cc(C(C)(C)C)cc3c5ccccc5n4c31)c1ccccc1-c1ccc(C)c[n+]12. The van der Waals surface area contributed by atoms with Gasteiger partial charge in [-0.2, -0.15) is 9.13 Å². The van der Waals surface area contributed by atoms with Gasteiger partial charge in [0.15, 0.2) is 24.1 Å². The van der Waals surface area contributed by atoms with Gasteiger partial charge >= 0.3 is 0 Å². The molecule has 9 aromatic rings. The molecule has 2 aliphatic rings. The average molecular weight is 712 g/mol. The Morgan fingerprint density at radius 3 is 2.24 bits per heavy atom. The van der Waals surface area contributed by atoms with Gasteiger partial charge in [0.25, 0.3) is 0 Å². The molecule has 0 bridgehead atoms. The van der Waals surface area contributed by atoms with Crippen molar-refractivity contribution in [2.24, 2.45) is 0 Å². The van der Waals surface area contributed by atoms with Crippen LogP contribution in [0.2, 0.25) is 0 Å². The number of benzene rings is 5. The first-order valence-electron chi connectivity index (χ1n) is 19.9. The zero-order chi connectivity index (χ0) is 37.2. The molecule has 0 N–H and O–H groups in total. The third-order valence-corrected chi connectivity index (χ3v) is 12.8. The van der Waals surface area contributed by atoms with E-state index >= 15 is 0 Å². The van der Waals surface area contributed by atoms with E-state index in [1.807, 2.05) is 0 Å². The number of hydrogen-bond acceptors (Lipinski definition) is 0. The Kier molecular flexibility index (Phi) is 6.90. The summed E-state index contributed by atoms with van der Waals surface area (Å²) in [6, 6.07) is 48.4. The number of pyridine rings is 2. The fraction of sp³-hybridized carbons (Fsp3) is 0.192. The second kappa shape index (κ2) is 11.7. The molecule has 2 aliphatic heterocycles. The maximum absolute atomic E-state index is 4.93. The molecule has 4 aromatic heterocycles. The highest BCUT2D eigenvalue weighted by molar-refractivity contribution is 6.24. The van der Waals surface area contributed by atoms with Crippen molar-refractivity contribution in [3.8, 4) is 33.6 Å². The number of allylic oxidation sites excluding steroid dienone is 1. The van der Waals surface area contributed by atoms with E-state index in [-0.39, 0.29) is 11.5 Å². The predicted molar refractivity (Wildman–Crippen MR) is 228 cm³/mol. The van der Waals surface area contributed by atoms with Crippen LogP contribution in [0.5, 0.6) is 0 Å². The largest absolute Gasteiger partial charge is 0.308 e. The van der Waals surface area contributed by atoms with Gasteiger partial charge in [-0.3, -0.25) is 0 Å². The number of hydrogen-bond donors (Lipinski definition) is 0. The van der Waals surface area contributed by atoms with Crippen LogP contribution in [-0.4, -0.2) is 4.40 Å². The molecule has 11 rings (SSSR count). The molecule has 0 radical (unpaired) electrons. The van der Waals surface area contributed by atoms with Gasteiger partial charge in [0, 0.05) is 56.3 Å². The molecule has 6 heterocycles. The molecular weight excluding hydrogens is 667 g/mol. The van der Waals surface area contributed by atoms with E-state index in [9.17, 15) is 0 Å². The number of aryl methyl sites for hydroxylation is 2. The lowest BCUT2D eigenvalue weighted by Crippen LogP contribution is -2.49. The van der Waals surface area contributed by atoms with Crippen molar-refractivity contribution < 1.29 is 9.13 Å². The first kappa shape index (κ1) is 32.4. The zero-order valence-electron chi connectivity index (χ0n) is 32.1. The Balaban J connectivity index is 1.21. The Morgan fingerprint density at radius 1 is 0.655 bits per heavy atom. The molecule has 0 saturated heterocycles. The van der Waals surface area contributed by atoms with Crippen molar-refractivity contribution in [2.45, 2.75) is 64.3 Å². The number of aromatic nitrogens is 3. The van der Waals surface area contributed by atoms with Crippen LogP contribution in [0.4, 0.5) is 0 Å². The monoisotopic (exact) mass is 711 g/mol. The third-order valence-electron chi connectivity index (χ3n) is 12.8. The van der Waals surface area contributed by atoms with Crippen LogP contribution in [0.1, 0.15) is 67.8 Å². The van der Waals surface area contributed by atoms with Crippen LogP contribution in [0.25, 0.3) is 77.4 Å². The van der Waals surface area contributed by atoms with Gasteiger partial charge in [0.1, 0.15) is 0 Å². The lowest BCUT2D eigenvalue weighted by molar-refractivity contribution is -0.720. The quantitative estimate of drug-likeness (QED) is 0.150. The number of fused-ring (bicyclic) bond motifs is 15. The minimum Gasteiger partial charge on any atom is -0.308 e. The van der Waals surface area contributed by atoms with Gasteiger partial charge in [-0.15, -0.1) is 0 Å². The third kappa shape index (κ3) is 4.82. The summed E-state index contributed by atoms with van der Waals surface area (Å²) in [5.74, 6) is 0.332. The molecular formula is C52H45N3+2. The summed E-state index contributed by atoms with van der Waals surface area (Å²) < 4.78 is 7.56. The first-order valence-corrected chi connectivity index (χ1v) is 19.9. The maximum Gasteiger partial charge on any atom is 0.218 e. The van der Waals surface area contributed by atoms with Gasteiger partial charge in [0.2, 0.25) is 11.4 Å². The van der Waals surface area contributed by atoms with Crippen molar-refractivity contribution >= 4 is 43.8 Å². The number of nitrogens with zero attached hydrogens (tertiary/aromatic N) is 3. The van der Waals surface area contributed by atoms with Crippen LogP contribution in [0, 0.1) is 6.92 Å². The smallest absolute Gasteiger partial charge is 0.218 e. The van der Waals surface area contributed by atoms with Gasteiger partial charge in [-0.1, -0.05) is 87.5 Å². The second-order valence-electron chi connectivity index (χ2n) is 17.2. The normalized spacial score (nSPS) is 16.9. The standard InChI is InChI=1S/C52H45N3/c1-32-19-23-46-39-16-10-9-15-38(39)41-22-20-35-26-50-43(45-28-37(52(3,4)5)27-44-40-17-11-12-18-48(40)55(50)51(44)45)29-42(35)47-24-21-36(34-13-7-6-8-14-34)31-53(47)33(2)25-49(41)54(46)30-32/h6-19,21,23-24,26-31,41,49H,2,20,22,25H2,1,3-5H3/q+2. The molecule has 3 heteroatoms. The lowest BCUT2D eigenvalue weighted by atomic mass is 9.77. The molecule has 0 spiro atoms. The minimum absolute atomic E-state index is 0.0203. The first-order chi connectivity index (χ1) is 26.7. The van der Waals surface area contributed by atoms with Gasteiger partial charge in [-0.25, -0.2) is 0 Å². The van der Waals surface area contributed by atoms with Crippen molar-refractivity contribution in [3.05, 3.63) is 169 Å². The van der Waals surface area contributed by atoms with Crippen LogP contribution in [0.15, 0.2) is 146 Å². The van der Waals surface area contributed by atoms with Crippen LogP contribution in [0.3, 0.4) is 0 Å². The van der Waals surface area contributed by atoms with Crippen molar-refractivity contribution in [2.75, 3.05) is 0 Å². The summed E-state index contributed by atoms with van der Waals surface area (Å²) in [5, 5.41) is 5.33. The van der Waals surface area contributed by atoms with Gasteiger partial charge in [-0.05, 0) is 103 Å². The van der Waals surface area contributed by atoms with E-state index in [1.54, 1.807) is 0 Å². The highest BCUT2D eigenvalue weighted by Crippen LogP contribution is 2.47. The summed E-state index contributed by atoms with van der Waals surface area (Å²) in [7, 11) is 0. The van der Waals surface area contributed by atoms with Crippen LogP contribution in [-0.2, 0) is 11.8 Å². The van der Waals surface area contributed by atoms with Gasteiger partial charge in [0.05, 0.1) is 28.5 Å². The minimum atomic E-state index is 0.0203.